The zero-order valence-corrected chi connectivity index (χ0v) is 10.0. The lowest BCUT2D eigenvalue weighted by Gasteiger charge is -2.16. The quantitative estimate of drug-likeness (QED) is 0.787. The fourth-order valence-corrected chi connectivity index (χ4v) is 2.28. The van der Waals surface area contributed by atoms with E-state index in [-0.39, 0.29) is 18.2 Å². The molecule has 1 fully saturated rings. The molecule has 0 aromatic heterocycles. The summed E-state index contributed by atoms with van der Waals surface area (Å²) in [5.41, 5.74) is 6.76. The molecule has 0 aliphatic carbocycles. The summed E-state index contributed by atoms with van der Waals surface area (Å²) >= 11 is 0. The van der Waals surface area contributed by atoms with Crippen LogP contribution in [-0.4, -0.2) is 35.0 Å². The maximum Gasteiger partial charge on any atom is 0.303 e. The Morgan fingerprint density at radius 3 is 2.89 bits per heavy atom. The van der Waals surface area contributed by atoms with Crippen LogP contribution < -0.4 is 5.73 Å². The number of nitrogen functional groups attached to an aromatic ring is 1. The van der Waals surface area contributed by atoms with Crippen LogP contribution >= 0.6 is 0 Å². The van der Waals surface area contributed by atoms with Crippen molar-refractivity contribution in [1.29, 1.82) is 0 Å². The lowest BCUT2D eigenvalue weighted by Crippen LogP contribution is -2.29. The van der Waals surface area contributed by atoms with Gasteiger partial charge in [-0.15, -0.1) is 0 Å². The highest BCUT2D eigenvalue weighted by Crippen LogP contribution is 2.21. The summed E-state index contributed by atoms with van der Waals surface area (Å²) in [5, 5.41) is 8.73. The number of benzene rings is 1. The topological polar surface area (TPSA) is 83.6 Å². The van der Waals surface area contributed by atoms with Crippen LogP contribution in [0.15, 0.2) is 24.3 Å². The van der Waals surface area contributed by atoms with Gasteiger partial charge in [0.1, 0.15) is 0 Å². The highest BCUT2D eigenvalue weighted by Gasteiger charge is 2.28. The lowest BCUT2D eigenvalue weighted by atomic mass is 10.1. The Balaban J connectivity index is 2.01. The number of carbonyl (C=O) groups is 2. The van der Waals surface area contributed by atoms with Crippen LogP contribution in [0.5, 0.6) is 0 Å². The van der Waals surface area contributed by atoms with E-state index < -0.39 is 5.97 Å². The molecular formula is C13H16N2O3. The Morgan fingerprint density at radius 1 is 1.44 bits per heavy atom. The van der Waals surface area contributed by atoms with Gasteiger partial charge in [0.25, 0.3) is 5.91 Å². The van der Waals surface area contributed by atoms with Crippen LogP contribution in [0.4, 0.5) is 5.69 Å². The van der Waals surface area contributed by atoms with Crippen LogP contribution in [0.25, 0.3) is 0 Å². The molecule has 1 heterocycles. The van der Waals surface area contributed by atoms with E-state index in [1.165, 1.54) is 0 Å². The number of amides is 1. The average Bonchev–Trinajstić information content (AvgIpc) is 2.75. The van der Waals surface area contributed by atoms with Crippen molar-refractivity contribution in [2.45, 2.75) is 12.8 Å². The van der Waals surface area contributed by atoms with Crippen LogP contribution in [0.3, 0.4) is 0 Å². The van der Waals surface area contributed by atoms with Gasteiger partial charge in [-0.3, -0.25) is 9.59 Å². The minimum absolute atomic E-state index is 0.0625. The van der Waals surface area contributed by atoms with Gasteiger partial charge >= 0.3 is 5.97 Å². The first-order chi connectivity index (χ1) is 8.56. The Kier molecular flexibility index (Phi) is 3.50. The summed E-state index contributed by atoms with van der Waals surface area (Å²) in [6.07, 6.45) is 0.876. The molecule has 5 nitrogen and oxygen atoms in total. The molecule has 1 aliphatic heterocycles. The summed E-state index contributed by atoms with van der Waals surface area (Å²) in [4.78, 5) is 24.5. The summed E-state index contributed by atoms with van der Waals surface area (Å²) in [5.74, 6) is -0.819. The molecule has 3 N–H and O–H groups in total. The molecule has 0 radical (unpaired) electrons. The molecule has 1 amide bonds. The van der Waals surface area contributed by atoms with Crippen LogP contribution in [0.2, 0.25) is 0 Å². The fourth-order valence-electron chi connectivity index (χ4n) is 2.28. The van der Waals surface area contributed by atoms with Gasteiger partial charge in [-0.25, -0.2) is 0 Å². The number of carboxylic acids is 1. The van der Waals surface area contributed by atoms with E-state index in [1.807, 2.05) is 0 Å². The first kappa shape index (κ1) is 12.4. The smallest absolute Gasteiger partial charge is 0.303 e. The monoisotopic (exact) mass is 248 g/mol. The van der Waals surface area contributed by atoms with Crippen molar-refractivity contribution in [2.75, 3.05) is 18.8 Å². The normalized spacial score (nSPS) is 18.9. The number of nitrogens with zero attached hydrogens (tertiary/aromatic N) is 1. The van der Waals surface area contributed by atoms with E-state index in [4.69, 9.17) is 10.8 Å². The molecule has 18 heavy (non-hydrogen) atoms. The molecule has 1 aromatic carbocycles. The standard InChI is InChI=1S/C13H16N2O3/c14-11-3-1-2-10(7-11)13(18)15-5-4-9(8-15)6-12(16)17/h1-3,7,9H,4-6,8,14H2,(H,16,17). The molecule has 1 aliphatic rings. The number of carbonyl (C=O) groups excluding carboxylic acids is 1. The van der Waals surface area contributed by atoms with E-state index in [9.17, 15) is 9.59 Å². The van der Waals surface area contributed by atoms with Gasteiger partial charge in [0, 0.05) is 30.8 Å². The summed E-state index contributed by atoms with van der Waals surface area (Å²) in [6.45, 7) is 1.13. The number of hydrogen-bond donors (Lipinski definition) is 2. The first-order valence-corrected chi connectivity index (χ1v) is 5.93. The maximum absolute atomic E-state index is 12.2. The van der Waals surface area contributed by atoms with Gasteiger partial charge in [-0.1, -0.05) is 6.07 Å². The third-order valence-corrected chi connectivity index (χ3v) is 3.17. The third-order valence-electron chi connectivity index (χ3n) is 3.17. The highest BCUT2D eigenvalue weighted by atomic mass is 16.4. The molecule has 1 atom stereocenters. The first-order valence-electron chi connectivity index (χ1n) is 5.93. The number of aliphatic carboxylic acids is 1. The Hall–Kier alpha value is -2.04. The highest BCUT2D eigenvalue weighted by molar-refractivity contribution is 5.95. The number of anilines is 1. The summed E-state index contributed by atoms with van der Waals surface area (Å²) in [7, 11) is 0. The number of rotatable bonds is 3. The van der Waals surface area contributed by atoms with Gasteiger partial charge in [0.05, 0.1) is 0 Å². The van der Waals surface area contributed by atoms with Crippen LogP contribution in [-0.2, 0) is 4.79 Å². The van der Waals surface area contributed by atoms with Crippen molar-refractivity contribution in [3.63, 3.8) is 0 Å². The van der Waals surface area contributed by atoms with Crippen molar-refractivity contribution in [1.82, 2.24) is 4.90 Å². The van der Waals surface area contributed by atoms with Crippen molar-refractivity contribution >= 4 is 17.6 Å². The lowest BCUT2D eigenvalue weighted by molar-refractivity contribution is -0.138. The molecule has 1 unspecified atom stereocenters. The Labute approximate surface area is 105 Å². The molecule has 0 spiro atoms. The van der Waals surface area contributed by atoms with Gasteiger partial charge in [-0.05, 0) is 30.5 Å². The fraction of sp³-hybridized carbons (Fsp3) is 0.385. The summed E-state index contributed by atoms with van der Waals surface area (Å²) < 4.78 is 0. The van der Waals surface area contributed by atoms with E-state index in [1.54, 1.807) is 29.2 Å². The SMILES string of the molecule is Nc1cccc(C(=O)N2CCC(CC(=O)O)C2)c1. The van der Waals surface area contributed by atoms with Gasteiger partial charge in [0.15, 0.2) is 0 Å². The molecule has 1 aromatic rings. The largest absolute Gasteiger partial charge is 0.481 e. The number of nitrogens with two attached hydrogens (primary N) is 1. The predicted octanol–water partition coefficient (Wildman–Crippen LogP) is 1.21. The molecule has 96 valence electrons. The molecule has 5 heteroatoms. The number of hydrogen-bond acceptors (Lipinski definition) is 3. The molecule has 0 saturated carbocycles. The van der Waals surface area contributed by atoms with E-state index in [2.05, 4.69) is 0 Å². The maximum atomic E-state index is 12.2. The molecule has 1 saturated heterocycles. The van der Waals surface area contributed by atoms with E-state index in [0.29, 0.717) is 24.3 Å². The van der Waals surface area contributed by atoms with E-state index in [0.717, 1.165) is 6.42 Å². The zero-order valence-electron chi connectivity index (χ0n) is 10.0. The van der Waals surface area contributed by atoms with Gasteiger partial charge in [-0.2, -0.15) is 0 Å². The zero-order chi connectivity index (χ0) is 13.1. The van der Waals surface area contributed by atoms with Crippen LogP contribution in [0, 0.1) is 5.92 Å². The van der Waals surface area contributed by atoms with Crippen molar-refractivity contribution in [3.05, 3.63) is 29.8 Å². The Morgan fingerprint density at radius 2 is 2.22 bits per heavy atom. The van der Waals surface area contributed by atoms with Gasteiger partial charge in [0.2, 0.25) is 0 Å². The second kappa shape index (κ2) is 5.08. The molecule has 0 bridgehead atoms. The second-order valence-corrected chi connectivity index (χ2v) is 4.63. The number of likely N-dealkylation sites (tertiary alicyclic amines) is 1. The Bertz CT molecular complexity index is 473. The van der Waals surface area contributed by atoms with Gasteiger partial charge < -0.3 is 15.7 Å². The molecule has 2 rings (SSSR count). The van der Waals surface area contributed by atoms with E-state index >= 15 is 0 Å². The predicted molar refractivity (Wildman–Crippen MR) is 67.1 cm³/mol. The van der Waals surface area contributed by atoms with Crippen molar-refractivity contribution in [3.8, 4) is 0 Å². The second-order valence-electron chi connectivity index (χ2n) is 4.63. The number of carboxylic acid groups (broad SMARTS) is 1. The van der Waals surface area contributed by atoms with Crippen molar-refractivity contribution in [2.24, 2.45) is 5.92 Å². The average molecular weight is 248 g/mol. The minimum atomic E-state index is -0.807. The minimum Gasteiger partial charge on any atom is -0.481 e. The van der Waals surface area contributed by atoms with Crippen molar-refractivity contribution < 1.29 is 14.7 Å². The van der Waals surface area contributed by atoms with Crippen LogP contribution in [0.1, 0.15) is 23.2 Å². The summed E-state index contributed by atoms with van der Waals surface area (Å²) in [6, 6.07) is 6.84. The molecular weight excluding hydrogens is 232 g/mol. The third kappa shape index (κ3) is 2.80.